The van der Waals surface area contributed by atoms with E-state index in [1.54, 1.807) is 25.4 Å². The first kappa shape index (κ1) is 15.0. The van der Waals surface area contributed by atoms with Crippen molar-refractivity contribution in [2.75, 3.05) is 0 Å². The van der Waals surface area contributed by atoms with Gasteiger partial charge in [-0.2, -0.15) is 15.0 Å². The van der Waals surface area contributed by atoms with Gasteiger partial charge in [-0.1, -0.05) is 0 Å². The highest BCUT2D eigenvalue weighted by Gasteiger charge is 2.10. The number of aromatic nitrogens is 4. The molecule has 1 aromatic carbocycles. The second-order valence-electron chi connectivity index (χ2n) is 5.19. The van der Waals surface area contributed by atoms with Gasteiger partial charge in [0.05, 0.1) is 12.7 Å². The SMILES string of the molecule is CC(=O)NCc1cc2cc(F)c(OCc3cnn(C)n3)cc2[nH]1. The number of ether oxygens (including phenoxy) is 1. The maximum atomic E-state index is 14.1. The maximum absolute atomic E-state index is 14.1. The molecule has 0 aliphatic rings. The van der Waals surface area contributed by atoms with Crippen LogP contribution in [0, 0.1) is 5.82 Å². The molecular weight excluding hydrogens is 301 g/mol. The van der Waals surface area contributed by atoms with Crippen LogP contribution >= 0.6 is 0 Å². The van der Waals surface area contributed by atoms with E-state index in [4.69, 9.17) is 4.74 Å². The number of nitrogens with zero attached hydrogens (tertiary/aromatic N) is 3. The van der Waals surface area contributed by atoms with Gasteiger partial charge in [-0.15, -0.1) is 0 Å². The van der Waals surface area contributed by atoms with Gasteiger partial charge in [-0.05, 0) is 12.1 Å². The average Bonchev–Trinajstić information content (AvgIpc) is 3.08. The van der Waals surface area contributed by atoms with Crippen LogP contribution in [0.25, 0.3) is 10.9 Å². The van der Waals surface area contributed by atoms with Gasteiger partial charge in [0.2, 0.25) is 5.91 Å². The zero-order valence-electron chi connectivity index (χ0n) is 12.8. The van der Waals surface area contributed by atoms with Crippen molar-refractivity contribution in [1.29, 1.82) is 0 Å². The Morgan fingerprint density at radius 2 is 2.26 bits per heavy atom. The highest BCUT2D eigenvalue weighted by atomic mass is 19.1. The number of fused-ring (bicyclic) bond motifs is 1. The number of hydrogen-bond donors (Lipinski definition) is 2. The summed E-state index contributed by atoms with van der Waals surface area (Å²) < 4.78 is 19.6. The van der Waals surface area contributed by atoms with Crippen LogP contribution in [0.4, 0.5) is 4.39 Å². The number of H-pyrrole nitrogens is 1. The van der Waals surface area contributed by atoms with Crippen LogP contribution in [0.15, 0.2) is 24.4 Å². The number of halogens is 1. The van der Waals surface area contributed by atoms with Crippen molar-refractivity contribution >= 4 is 16.8 Å². The number of aryl methyl sites for hydroxylation is 1. The van der Waals surface area contributed by atoms with Crippen LogP contribution in [-0.2, 0) is 25.0 Å². The number of nitrogens with one attached hydrogen (secondary N) is 2. The van der Waals surface area contributed by atoms with Crippen LogP contribution in [0.3, 0.4) is 0 Å². The summed E-state index contributed by atoms with van der Waals surface area (Å²) >= 11 is 0. The molecule has 3 rings (SSSR count). The molecule has 2 heterocycles. The molecule has 2 aromatic heterocycles. The van der Waals surface area contributed by atoms with E-state index in [1.807, 2.05) is 0 Å². The molecule has 0 aliphatic heterocycles. The fraction of sp³-hybridized carbons (Fsp3) is 0.267. The number of carbonyl (C=O) groups is 1. The molecule has 0 aliphatic carbocycles. The monoisotopic (exact) mass is 317 g/mol. The van der Waals surface area contributed by atoms with Gasteiger partial charge < -0.3 is 15.0 Å². The summed E-state index contributed by atoms with van der Waals surface area (Å²) in [6.45, 7) is 1.94. The first-order valence-corrected chi connectivity index (χ1v) is 7.05. The molecule has 0 saturated heterocycles. The molecule has 0 bridgehead atoms. The molecule has 3 aromatic rings. The van der Waals surface area contributed by atoms with Crippen molar-refractivity contribution in [3.05, 3.63) is 41.6 Å². The lowest BCUT2D eigenvalue weighted by atomic mass is 10.2. The molecule has 0 saturated carbocycles. The van der Waals surface area contributed by atoms with E-state index >= 15 is 0 Å². The number of benzene rings is 1. The van der Waals surface area contributed by atoms with Crippen LogP contribution in [0.1, 0.15) is 18.3 Å². The highest BCUT2D eigenvalue weighted by molar-refractivity contribution is 5.82. The molecular formula is C15H16FN5O2. The minimum atomic E-state index is -0.452. The van der Waals surface area contributed by atoms with Crippen molar-refractivity contribution in [2.24, 2.45) is 7.05 Å². The molecule has 120 valence electrons. The van der Waals surface area contributed by atoms with E-state index in [-0.39, 0.29) is 18.3 Å². The second-order valence-corrected chi connectivity index (χ2v) is 5.19. The molecule has 0 atom stereocenters. The molecule has 0 unspecified atom stereocenters. The molecule has 0 radical (unpaired) electrons. The lowest BCUT2D eigenvalue weighted by molar-refractivity contribution is -0.119. The summed E-state index contributed by atoms with van der Waals surface area (Å²) in [6, 6.07) is 4.79. The molecule has 0 spiro atoms. The minimum Gasteiger partial charge on any atom is -0.484 e. The van der Waals surface area contributed by atoms with E-state index < -0.39 is 5.82 Å². The normalized spacial score (nSPS) is 10.9. The smallest absolute Gasteiger partial charge is 0.217 e. The van der Waals surface area contributed by atoms with E-state index in [1.165, 1.54) is 17.8 Å². The number of amides is 1. The molecule has 0 fully saturated rings. The molecule has 1 amide bonds. The van der Waals surface area contributed by atoms with E-state index in [9.17, 15) is 9.18 Å². The first-order valence-electron chi connectivity index (χ1n) is 7.05. The molecule has 8 heteroatoms. The van der Waals surface area contributed by atoms with Gasteiger partial charge in [0.1, 0.15) is 12.3 Å². The van der Waals surface area contributed by atoms with Crippen LogP contribution in [0.5, 0.6) is 5.75 Å². The number of hydrogen-bond acceptors (Lipinski definition) is 4. The lowest BCUT2D eigenvalue weighted by Crippen LogP contribution is -2.18. The Labute approximate surface area is 131 Å². The first-order chi connectivity index (χ1) is 11.0. The summed E-state index contributed by atoms with van der Waals surface area (Å²) in [4.78, 5) is 15.5. The number of rotatable bonds is 5. The highest BCUT2D eigenvalue weighted by Crippen LogP contribution is 2.26. The Hall–Kier alpha value is -2.90. The Bertz CT molecular complexity index is 855. The lowest BCUT2D eigenvalue weighted by Gasteiger charge is -2.05. The van der Waals surface area contributed by atoms with Crippen molar-refractivity contribution < 1.29 is 13.9 Å². The Kier molecular flexibility index (Phi) is 3.96. The number of carbonyl (C=O) groups excluding carboxylic acids is 1. The van der Waals surface area contributed by atoms with Gasteiger partial charge in [0, 0.05) is 36.6 Å². The molecule has 7 nitrogen and oxygen atoms in total. The van der Waals surface area contributed by atoms with Gasteiger partial charge in [-0.3, -0.25) is 4.79 Å². The standard InChI is InChI=1S/C15H16FN5O2/c1-9(22)17-6-11-3-10-4-13(16)15(5-14(10)19-11)23-8-12-7-18-21(2)20-12/h3-5,7,19H,6,8H2,1-2H3,(H,17,22). The summed E-state index contributed by atoms with van der Waals surface area (Å²) in [5, 5.41) is 11.4. The summed E-state index contributed by atoms with van der Waals surface area (Å²) in [6.07, 6.45) is 1.57. The predicted octanol–water partition coefficient (Wildman–Crippen LogP) is 1.65. The van der Waals surface area contributed by atoms with Gasteiger partial charge in [-0.25, -0.2) is 4.39 Å². The van der Waals surface area contributed by atoms with Crippen molar-refractivity contribution in [1.82, 2.24) is 25.3 Å². The minimum absolute atomic E-state index is 0.122. The second kappa shape index (κ2) is 6.07. The zero-order chi connectivity index (χ0) is 16.4. The third-order valence-corrected chi connectivity index (χ3v) is 3.28. The Balaban J connectivity index is 1.77. The van der Waals surface area contributed by atoms with Gasteiger partial charge >= 0.3 is 0 Å². The Morgan fingerprint density at radius 1 is 1.43 bits per heavy atom. The summed E-state index contributed by atoms with van der Waals surface area (Å²) in [5.41, 5.74) is 2.14. The Morgan fingerprint density at radius 3 is 2.96 bits per heavy atom. The number of aromatic amines is 1. The van der Waals surface area contributed by atoms with E-state index in [2.05, 4.69) is 20.5 Å². The molecule has 23 heavy (non-hydrogen) atoms. The summed E-state index contributed by atoms with van der Waals surface area (Å²) in [7, 11) is 1.70. The van der Waals surface area contributed by atoms with Gasteiger partial charge in [0.15, 0.2) is 11.6 Å². The largest absolute Gasteiger partial charge is 0.484 e. The quantitative estimate of drug-likeness (QED) is 0.749. The van der Waals surface area contributed by atoms with Crippen molar-refractivity contribution in [2.45, 2.75) is 20.1 Å². The molecule has 2 N–H and O–H groups in total. The zero-order valence-corrected chi connectivity index (χ0v) is 12.8. The average molecular weight is 317 g/mol. The van der Waals surface area contributed by atoms with Gasteiger partial charge in [0.25, 0.3) is 0 Å². The third-order valence-electron chi connectivity index (χ3n) is 3.28. The fourth-order valence-electron chi connectivity index (χ4n) is 2.22. The predicted molar refractivity (Wildman–Crippen MR) is 81.1 cm³/mol. The van der Waals surface area contributed by atoms with Crippen molar-refractivity contribution in [3.63, 3.8) is 0 Å². The van der Waals surface area contributed by atoms with E-state index in [0.29, 0.717) is 12.2 Å². The van der Waals surface area contributed by atoms with Crippen molar-refractivity contribution in [3.8, 4) is 5.75 Å². The van der Waals surface area contributed by atoms with E-state index in [0.717, 1.165) is 16.6 Å². The maximum Gasteiger partial charge on any atom is 0.217 e. The van der Waals surface area contributed by atoms with Crippen LogP contribution in [0.2, 0.25) is 0 Å². The summed E-state index contributed by atoms with van der Waals surface area (Å²) in [5.74, 6) is -0.439. The fourth-order valence-corrected chi connectivity index (χ4v) is 2.22. The van der Waals surface area contributed by atoms with Crippen LogP contribution in [-0.4, -0.2) is 25.9 Å². The van der Waals surface area contributed by atoms with Crippen LogP contribution < -0.4 is 10.1 Å². The third kappa shape index (κ3) is 3.47. The topological polar surface area (TPSA) is 84.8 Å².